The molecule has 5 nitrogen and oxygen atoms in total. The summed E-state index contributed by atoms with van der Waals surface area (Å²) in [6, 6.07) is 16.3. The van der Waals surface area contributed by atoms with E-state index in [2.05, 4.69) is 0 Å². The van der Waals surface area contributed by atoms with Gasteiger partial charge in [0.2, 0.25) is 0 Å². The van der Waals surface area contributed by atoms with Crippen LogP contribution in [-0.2, 0) is 9.59 Å². The Balaban J connectivity index is 1.97. The highest BCUT2D eigenvalue weighted by molar-refractivity contribution is 6.51. The van der Waals surface area contributed by atoms with Crippen LogP contribution in [0.1, 0.15) is 28.3 Å². The van der Waals surface area contributed by atoms with E-state index >= 15 is 0 Å². The number of phenolic OH excluding ortho intramolecular Hbond substituents is 1. The van der Waals surface area contributed by atoms with Gasteiger partial charge < -0.3 is 10.2 Å². The van der Waals surface area contributed by atoms with Crippen molar-refractivity contribution in [1.29, 1.82) is 0 Å². The Hall–Kier alpha value is -3.93. The lowest BCUT2D eigenvalue weighted by atomic mass is 9.94. The van der Waals surface area contributed by atoms with Crippen LogP contribution in [0.3, 0.4) is 0 Å². The average Bonchev–Trinajstić information content (AvgIpc) is 3.01. The fourth-order valence-corrected chi connectivity index (χ4v) is 3.83. The summed E-state index contributed by atoms with van der Waals surface area (Å²) in [5.74, 6) is -2.39. The summed E-state index contributed by atoms with van der Waals surface area (Å²) in [5, 5.41) is 20.7. The van der Waals surface area contributed by atoms with Crippen molar-refractivity contribution in [3.63, 3.8) is 0 Å². The van der Waals surface area contributed by atoms with Gasteiger partial charge >= 0.3 is 0 Å². The van der Waals surface area contributed by atoms with Crippen LogP contribution in [0.2, 0.25) is 0 Å². The van der Waals surface area contributed by atoms with Gasteiger partial charge in [-0.05, 0) is 66.9 Å². The molecule has 0 radical (unpaired) electrons. The number of phenols is 1. The number of benzene rings is 3. The molecule has 1 unspecified atom stereocenters. The number of anilines is 1. The number of hydrogen-bond donors (Lipinski definition) is 2. The van der Waals surface area contributed by atoms with E-state index in [1.165, 1.54) is 35.2 Å². The zero-order chi connectivity index (χ0) is 22.3. The van der Waals surface area contributed by atoms with E-state index in [4.69, 9.17) is 0 Å². The normalized spacial score (nSPS) is 17.9. The molecule has 1 aliphatic heterocycles. The number of aromatic hydroxyl groups is 1. The van der Waals surface area contributed by atoms with E-state index in [9.17, 15) is 24.2 Å². The number of aryl methyl sites for hydroxylation is 2. The van der Waals surface area contributed by atoms with Crippen LogP contribution in [0.25, 0.3) is 5.76 Å². The van der Waals surface area contributed by atoms with Crippen LogP contribution in [0.15, 0.2) is 72.3 Å². The summed E-state index contributed by atoms with van der Waals surface area (Å²) in [6.45, 7) is 3.38. The number of hydrogen-bond acceptors (Lipinski definition) is 4. The van der Waals surface area contributed by atoms with Crippen LogP contribution >= 0.6 is 0 Å². The van der Waals surface area contributed by atoms with Gasteiger partial charge in [0.05, 0.1) is 11.6 Å². The molecule has 3 aromatic rings. The van der Waals surface area contributed by atoms with E-state index in [0.717, 1.165) is 5.56 Å². The first-order chi connectivity index (χ1) is 14.8. The van der Waals surface area contributed by atoms with Gasteiger partial charge in [-0.15, -0.1) is 0 Å². The molecule has 3 aromatic carbocycles. The fraction of sp³-hybridized carbons (Fsp3) is 0.120. The average molecular weight is 417 g/mol. The number of halogens is 1. The topological polar surface area (TPSA) is 77.8 Å². The number of aliphatic hydroxyl groups excluding tert-OH is 1. The predicted octanol–water partition coefficient (Wildman–Crippen LogP) is 4.77. The minimum absolute atomic E-state index is 0.0331. The molecule has 4 rings (SSSR count). The molecule has 1 atom stereocenters. The molecule has 1 fully saturated rings. The quantitative estimate of drug-likeness (QED) is 0.365. The van der Waals surface area contributed by atoms with Gasteiger partial charge in [0, 0.05) is 11.3 Å². The standard InChI is InChI=1S/C25H20FNO4/c1-14-5-3-4-6-20(14)27-22(16-7-10-18(28)11-8-16)21(24(30)25(27)31)23(29)17-9-12-19(26)15(2)13-17/h3-13,22,28-29H,1-2H3/b23-21-. The van der Waals surface area contributed by atoms with Crippen LogP contribution in [0.4, 0.5) is 10.1 Å². The number of aliphatic hydroxyl groups is 1. The van der Waals surface area contributed by atoms with E-state index < -0.39 is 23.5 Å². The molecule has 0 bridgehead atoms. The predicted molar refractivity (Wildman–Crippen MR) is 115 cm³/mol. The number of para-hydroxylation sites is 1. The summed E-state index contributed by atoms with van der Waals surface area (Å²) in [5.41, 5.74) is 2.32. The van der Waals surface area contributed by atoms with E-state index in [-0.39, 0.29) is 22.6 Å². The van der Waals surface area contributed by atoms with Gasteiger partial charge in [-0.2, -0.15) is 0 Å². The van der Waals surface area contributed by atoms with Crippen LogP contribution in [0, 0.1) is 19.7 Å². The fourth-order valence-electron chi connectivity index (χ4n) is 3.83. The van der Waals surface area contributed by atoms with Crippen LogP contribution in [-0.4, -0.2) is 21.9 Å². The lowest BCUT2D eigenvalue weighted by Crippen LogP contribution is -2.30. The number of ketones is 1. The second kappa shape index (κ2) is 7.72. The SMILES string of the molecule is Cc1cc(/C(O)=C2/C(=O)C(=O)N(c3ccccc3C)C2c2ccc(O)cc2)ccc1F. The zero-order valence-corrected chi connectivity index (χ0v) is 17.0. The van der Waals surface area contributed by atoms with Crippen molar-refractivity contribution in [2.45, 2.75) is 19.9 Å². The second-order valence-corrected chi connectivity index (χ2v) is 7.51. The Kier molecular flexibility index (Phi) is 5.07. The third kappa shape index (κ3) is 3.46. The molecular formula is C25H20FNO4. The molecule has 6 heteroatoms. The molecule has 31 heavy (non-hydrogen) atoms. The van der Waals surface area contributed by atoms with Crippen LogP contribution in [0.5, 0.6) is 5.75 Å². The smallest absolute Gasteiger partial charge is 0.300 e. The third-order valence-electron chi connectivity index (χ3n) is 5.46. The second-order valence-electron chi connectivity index (χ2n) is 7.51. The number of carbonyl (C=O) groups is 2. The Morgan fingerprint density at radius 1 is 0.935 bits per heavy atom. The van der Waals surface area contributed by atoms with Crippen LogP contribution < -0.4 is 4.90 Å². The van der Waals surface area contributed by atoms with Crippen molar-refractivity contribution < 1.29 is 24.2 Å². The number of amides is 1. The molecule has 0 aromatic heterocycles. The van der Waals surface area contributed by atoms with E-state index in [0.29, 0.717) is 16.8 Å². The van der Waals surface area contributed by atoms with Crippen molar-refractivity contribution in [3.8, 4) is 5.75 Å². The highest BCUT2D eigenvalue weighted by Crippen LogP contribution is 2.43. The largest absolute Gasteiger partial charge is 0.508 e. The lowest BCUT2D eigenvalue weighted by Gasteiger charge is -2.26. The summed E-state index contributed by atoms with van der Waals surface area (Å²) >= 11 is 0. The van der Waals surface area contributed by atoms with Crippen molar-refractivity contribution in [2.75, 3.05) is 4.90 Å². The minimum atomic E-state index is -0.910. The summed E-state index contributed by atoms with van der Waals surface area (Å²) < 4.78 is 13.7. The molecule has 1 saturated heterocycles. The molecule has 0 saturated carbocycles. The summed E-state index contributed by atoms with van der Waals surface area (Å²) in [4.78, 5) is 27.5. The molecule has 1 heterocycles. The highest BCUT2D eigenvalue weighted by atomic mass is 19.1. The maximum Gasteiger partial charge on any atom is 0.300 e. The molecular weight excluding hydrogens is 397 g/mol. The van der Waals surface area contributed by atoms with Gasteiger partial charge in [-0.3, -0.25) is 14.5 Å². The molecule has 0 spiro atoms. The van der Waals surface area contributed by atoms with Gasteiger partial charge in [-0.25, -0.2) is 4.39 Å². The Labute approximate surface area is 178 Å². The first-order valence-electron chi connectivity index (χ1n) is 9.71. The highest BCUT2D eigenvalue weighted by Gasteiger charge is 2.47. The minimum Gasteiger partial charge on any atom is -0.508 e. The number of nitrogens with zero attached hydrogens (tertiary/aromatic N) is 1. The van der Waals surface area contributed by atoms with Gasteiger partial charge in [-0.1, -0.05) is 30.3 Å². The lowest BCUT2D eigenvalue weighted by molar-refractivity contribution is -0.132. The third-order valence-corrected chi connectivity index (χ3v) is 5.46. The van der Waals surface area contributed by atoms with Gasteiger partial charge in [0.15, 0.2) is 0 Å². The van der Waals surface area contributed by atoms with Crippen molar-refractivity contribution in [3.05, 3.63) is 100 Å². The Bertz CT molecular complexity index is 1230. The Morgan fingerprint density at radius 3 is 2.26 bits per heavy atom. The molecule has 0 aliphatic carbocycles. The summed E-state index contributed by atoms with van der Waals surface area (Å²) in [7, 11) is 0. The van der Waals surface area contributed by atoms with Crippen molar-refractivity contribution in [2.24, 2.45) is 0 Å². The van der Waals surface area contributed by atoms with E-state index in [1.54, 1.807) is 31.2 Å². The summed E-state index contributed by atoms with van der Waals surface area (Å²) in [6.07, 6.45) is 0. The molecule has 156 valence electrons. The first-order valence-corrected chi connectivity index (χ1v) is 9.71. The molecule has 2 N–H and O–H groups in total. The molecule has 1 amide bonds. The van der Waals surface area contributed by atoms with Crippen molar-refractivity contribution in [1.82, 2.24) is 0 Å². The van der Waals surface area contributed by atoms with Crippen molar-refractivity contribution >= 4 is 23.1 Å². The number of carbonyl (C=O) groups excluding carboxylic acids is 2. The Morgan fingerprint density at radius 2 is 1.61 bits per heavy atom. The first kappa shape index (κ1) is 20.3. The zero-order valence-electron chi connectivity index (χ0n) is 17.0. The number of Topliss-reactive ketones (excluding diaryl/α,β-unsaturated/α-hetero) is 1. The van der Waals surface area contributed by atoms with Gasteiger partial charge in [0.25, 0.3) is 11.7 Å². The van der Waals surface area contributed by atoms with E-state index in [1.807, 2.05) is 19.1 Å². The monoisotopic (exact) mass is 417 g/mol. The maximum absolute atomic E-state index is 13.7. The van der Waals surface area contributed by atoms with Gasteiger partial charge in [0.1, 0.15) is 17.3 Å². The maximum atomic E-state index is 13.7. The molecule has 1 aliphatic rings. The number of rotatable bonds is 3.